The first-order valence-corrected chi connectivity index (χ1v) is 24.9. The second-order valence-electron chi connectivity index (χ2n) is 14.3. The van der Waals surface area contributed by atoms with Crippen molar-refractivity contribution < 1.29 is 36.8 Å². The fourth-order valence-electron chi connectivity index (χ4n) is 6.76. The molecule has 2 atom stereocenters. The molecule has 0 heterocycles. The molecule has 0 saturated heterocycles. The first-order valence-electron chi connectivity index (χ1n) is 21.6. The number of rotatable bonds is 36. The van der Waals surface area contributed by atoms with Crippen LogP contribution in [0.15, 0.2) is 24.3 Å². The number of nitrogens with one attached hydrogen (secondary N) is 2. The lowest BCUT2D eigenvalue weighted by Gasteiger charge is -2.26. The van der Waals surface area contributed by atoms with Gasteiger partial charge in [0.15, 0.2) is 0 Å². The molecule has 0 radical (unpaired) electrons. The Labute approximate surface area is 329 Å². The molecular formula is C42H78N2O8P2. The molecule has 0 aliphatic carbocycles. The van der Waals surface area contributed by atoms with Gasteiger partial charge in [-0.25, -0.2) is 0 Å². The van der Waals surface area contributed by atoms with Gasteiger partial charge in [0.25, 0.3) is 0 Å². The van der Waals surface area contributed by atoms with Crippen molar-refractivity contribution in [1.29, 1.82) is 0 Å². The number of unbranched alkanes of at least 4 members (excludes halogenated alkanes) is 18. The Morgan fingerprint density at radius 1 is 0.444 bits per heavy atom. The Kier molecular flexibility index (Phi) is 29.5. The van der Waals surface area contributed by atoms with Crippen LogP contribution in [-0.2, 0) is 36.8 Å². The van der Waals surface area contributed by atoms with E-state index in [9.17, 15) is 18.7 Å². The van der Waals surface area contributed by atoms with Crippen LogP contribution in [-0.4, -0.2) is 49.6 Å². The van der Waals surface area contributed by atoms with E-state index in [1.165, 1.54) is 77.0 Å². The molecule has 1 rings (SSSR count). The predicted molar refractivity (Wildman–Crippen MR) is 226 cm³/mol. The number of carbonyl (C=O) groups excluding carboxylic acids is 2. The van der Waals surface area contributed by atoms with E-state index in [-0.39, 0.29) is 26.4 Å². The summed E-state index contributed by atoms with van der Waals surface area (Å²) in [6.07, 6.45) is 23.9. The Hall–Kier alpha value is -1.54. The highest BCUT2D eigenvalue weighted by Gasteiger charge is 2.42. The number of hydrogen-bond acceptors (Lipinski definition) is 8. The standard InChI is InChI=1S/C42H78N2O8P2/c1-7-13-15-17-19-21-23-25-27-29-31-39(53(47,49-9-3)50-10-4)41(45)43-37-33-35-38(36-34-37)44-42(46)40(54(48,51-11-5)52-12-6)32-30-28-26-24-22-20-18-16-14-8-2/h33-36,39-40H,7-32H2,1-6H3,(H,43,45)(H,44,46). The van der Waals surface area contributed by atoms with Gasteiger partial charge in [-0.15, -0.1) is 0 Å². The van der Waals surface area contributed by atoms with Crippen molar-refractivity contribution in [3.05, 3.63) is 24.3 Å². The van der Waals surface area contributed by atoms with E-state index in [0.717, 1.165) is 51.4 Å². The maximum atomic E-state index is 13.8. The summed E-state index contributed by atoms with van der Waals surface area (Å²) in [6.45, 7) is 12.1. The van der Waals surface area contributed by atoms with Gasteiger partial charge in [-0.3, -0.25) is 18.7 Å². The first-order chi connectivity index (χ1) is 26.1. The molecule has 2 unspecified atom stereocenters. The van der Waals surface area contributed by atoms with E-state index in [2.05, 4.69) is 24.5 Å². The summed E-state index contributed by atoms with van der Waals surface area (Å²) in [5, 5.41) is 5.81. The minimum Gasteiger partial charge on any atom is -0.325 e. The lowest BCUT2D eigenvalue weighted by molar-refractivity contribution is -0.117. The van der Waals surface area contributed by atoms with Gasteiger partial charge in [-0.1, -0.05) is 142 Å². The van der Waals surface area contributed by atoms with Gasteiger partial charge in [0.1, 0.15) is 11.3 Å². The number of amides is 2. The van der Waals surface area contributed by atoms with Crippen LogP contribution in [0, 0.1) is 0 Å². The highest BCUT2D eigenvalue weighted by Crippen LogP contribution is 2.56. The minimum atomic E-state index is -3.71. The fourth-order valence-corrected chi connectivity index (χ4v) is 10.8. The van der Waals surface area contributed by atoms with Crippen LogP contribution in [0.2, 0.25) is 0 Å². The quantitative estimate of drug-likeness (QED) is 0.0507. The topological polar surface area (TPSA) is 129 Å². The average Bonchev–Trinajstić information content (AvgIpc) is 3.14. The van der Waals surface area contributed by atoms with Crippen molar-refractivity contribution >= 4 is 38.4 Å². The second-order valence-corrected chi connectivity index (χ2v) is 18.7. The summed E-state index contributed by atoms with van der Waals surface area (Å²) in [7, 11) is -7.42. The van der Waals surface area contributed by atoms with Crippen LogP contribution < -0.4 is 10.6 Å². The SMILES string of the molecule is CCCCCCCCCCCCC(C(=O)Nc1ccc(NC(=O)C(CCCCCCCCCCCC)P(=O)(OCC)OCC)cc1)P(=O)(OCC)OCC. The summed E-state index contributed by atoms with van der Waals surface area (Å²) in [5.41, 5.74) is -0.907. The maximum absolute atomic E-state index is 13.8. The molecule has 2 N–H and O–H groups in total. The molecule has 0 aliphatic rings. The van der Waals surface area contributed by atoms with Gasteiger partial charge >= 0.3 is 15.2 Å². The largest absolute Gasteiger partial charge is 0.343 e. The Bertz CT molecular complexity index is 1090. The molecular weight excluding hydrogens is 722 g/mol. The second kappa shape index (κ2) is 31.5. The van der Waals surface area contributed by atoms with Gasteiger partial charge in [-0.05, 0) is 64.8 Å². The third-order valence-corrected chi connectivity index (χ3v) is 14.7. The number of hydrogen-bond donors (Lipinski definition) is 2. The normalized spacial score (nSPS) is 13.1. The smallest absolute Gasteiger partial charge is 0.325 e. The zero-order valence-electron chi connectivity index (χ0n) is 35.0. The van der Waals surface area contributed by atoms with Gasteiger partial charge in [-0.2, -0.15) is 0 Å². The first kappa shape index (κ1) is 50.5. The fraction of sp³-hybridized carbons (Fsp3) is 0.810. The Balaban J connectivity index is 2.89. The Morgan fingerprint density at radius 2 is 0.685 bits per heavy atom. The van der Waals surface area contributed by atoms with E-state index in [1.807, 2.05) is 0 Å². The van der Waals surface area contributed by atoms with Gasteiger partial charge < -0.3 is 28.7 Å². The minimum absolute atomic E-state index is 0.174. The monoisotopic (exact) mass is 801 g/mol. The van der Waals surface area contributed by atoms with Crippen LogP contribution in [0.5, 0.6) is 0 Å². The summed E-state index contributed by atoms with van der Waals surface area (Å²) in [4.78, 5) is 27.3. The average molecular weight is 801 g/mol. The molecule has 0 fully saturated rings. The van der Waals surface area contributed by atoms with E-state index in [4.69, 9.17) is 18.1 Å². The molecule has 0 saturated carbocycles. The highest BCUT2D eigenvalue weighted by molar-refractivity contribution is 7.56. The van der Waals surface area contributed by atoms with E-state index < -0.39 is 38.3 Å². The zero-order chi connectivity index (χ0) is 39.9. The number of anilines is 2. The maximum Gasteiger partial charge on any atom is 0.343 e. The van der Waals surface area contributed by atoms with Crippen LogP contribution in [0.25, 0.3) is 0 Å². The molecule has 0 bridgehead atoms. The summed E-state index contributed by atoms with van der Waals surface area (Å²) >= 11 is 0. The van der Waals surface area contributed by atoms with Gasteiger partial charge in [0.2, 0.25) is 11.8 Å². The van der Waals surface area contributed by atoms with Crippen molar-refractivity contribution in [1.82, 2.24) is 0 Å². The molecule has 0 aromatic heterocycles. The molecule has 314 valence electrons. The third kappa shape index (κ3) is 21.1. The predicted octanol–water partition coefficient (Wildman–Crippen LogP) is 13.5. The summed E-state index contributed by atoms with van der Waals surface area (Å²) < 4.78 is 50.2. The molecule has 1 aromatic rings. The molecule has 1 aromatic carbocycles. The zero-order valence-corrected chi connectivity index (χ0v) is 36.8. The van der Waals surface area contributed by atoms with E-state index in [1.54, 1.807) is 52.0 Å². The van der Waals surface area contributed by atoms with Gasteiger partial charge in [0.05, 0.1) is 26.4 Å². The molecule has 0 spiro atoms. The number of carbonyl (C=O) groups is 2. The molecule has 0 aliphatic heterocycles. The van der Waals surface area contributed by atoms with Crippen molar-refractivity contribution in [2.75, 3.05) is 37.1 Å². The van der Waals surface area contributed by atoms with Crippen LogP contribution in [0.4, 0.5) is 11.4 Å². The van der Waals surface area contributed by atoms with E-state index >= 15 is 0 Å². The Morgan fingerprint density at radius 3 is 0.926 bits per heavy atom. The highest BCUT2D eigenvalue weighted by atomic mass is 31.2. The summed E-state index contributed by atoms with van der Waals surface area (Å²) in [6, 6.07) is 6.72. The van der Waals surface area contributed by atoms with Crippen molar-refractivity contribution in [2.24, 2.45) is 0 Å². The van der Waals surface area contributed by atoms with Crippen LogP contribution in [0.3, 0.4) is 0 Å². The van der Waals surface area contributed by atoms with E-state index in [0.29, 0.717) is 24.2 Å². The van der Waals surface area contributed by atoms with Crippen molar-refractivity contribution in [2.45, 2.75) is 194 Å². The van der Waals surface area contributed by atoms with Gasteiger partial charge in [0, 0.05) is 11.4 Å². The third-order valence-electron chi connectivity index (χ3n) is 9.69. The number of benzene rings is 1. The molecule has 12 heteroatoms. The van der Waals surface area contributed by atoms with Crippen molar-refractivity contribution in [3.8, 4) is 0 Å². The lowest BCUT2D eigenvalue weighted by Crippen LogP contribution is -2.30. The van der Waals surface area contributed by atoms with Crippen LogP contribution in [0.1, 0.15) is 183 Å². The lowest BCUT2D eigenvalue weighted by atomic mass is 10.0. The molecule has 2 amide bonds. The molecule has 10 nitrogen and oxygen atoms in total. The molecule has 54 heavy (non-hydrogen) atoms. The summed E-state index contributed by atoms with van der Waals surface area (Å²) in [5.74, 6) is -0.835. The van der Waals surface area contributed by atoms with Crippen molar-refractivity contribution in [3.63, 3.8) is 0 Å². The van der Waals surface area contributed by atoms with Crippen LogP contribution >= 0.6 is 15.2 Å².